The molecular weight excluding hydrogens is 288 g/mol. The zero-order chi connectivity index (χ0) is 14.9. The first-order valence-corrected chi connectivity index (χ1v) is 9.33. The molecule has 1 aromatic heterocycles. The molecule has 1 aliphatic rings. The molecule has 0 aliphatic carbocycles. The third-order valence-corrected chi connectivity index (χ3v) is 4.87. The maximum Gasteiger partial charge on any atom is 0.199 e. The summed E-state index contributed by atoms with van der Waals surface area (Å²) in [6.07, 6.45) is 3.38. The second-order valence-corrected chi connectivity index (χ2v) is 8.05. The molecule has 0 N–H and O–H groups in total. The van der Waals surface area contributed by atoms with Gasteiger partial charge in [0, 0.05) is 25.3 Å². The van der Waals surface area contributed by atoms with Crippen LogP contribution in [-0.4, -0.2) is 49.9 Å². The maximum atomic E-state index is 11.3. The molecule has 1 fully saturated rings. The first-order valence-electron chi connectivity index (χ1n) is 7.27. The second-order valence-electron chi connectivity index (χ2n) is 5.79. The summed E-state index contributed by atoms with van der Waals surface area (Å²) in [6, 6.07) is 7.77. The van der Waals surface area contributed by atoms with Gasteiger partial charge in [-0.25, -0.2) is 13.4 Å². The molecule has 5 nitrogen and oxygen atoms in total. The zero-order valence-electron chi connectivity index (χ0n) is 12.2. The van der Waals surface area contributed by atoms with Crippen molar-refractivity contribution in [3.63, 3.8) is 0 Å². The fraction of sp³-hybridized carbons (Fsp3) is 0.533. The van der Waals surface area contributed by atoms with Crippen molar-refractivity contribution in [1.82, 2.24) is 9.88 Å². The Hall–Kier alpha value is -1.40. The summed E-state index contributed by atoms with van der Waals surface area (Å²) in [6.45, 7) is 2.37. The Labute approximate surface area is 124 Å². The van der Waals surface area contributed by atoms with E-state index in [1.165, 1.54) is 6.26 Å². The molecule has 0 bridgehead atoms. The lowest BCUT2D eigenvalue weighted by Crippen LogP contribution is -2.37. The molecule has 21 heavy (non-hydrogen) atoms. The summed E-state index contributed by atoms with van der Waals surface area (Å²) in [5.74, 6) is 1.25. The highest BCUT2D eigenvalue weighted by atomic mass is 32.2. The van der Waals surface area contributed by atoms with Crippen LogP contribution in [0.25, 0.3) is 11.1 Å². The molecule has 1 aliphatic heterocycles. The largest absolute Gasteiger partial charge is 0.440 e. The summed E-state index contributed by atoms with van der Waals surface area (Å²) in [5.41, 5.74) is 1.71. The Kier molecular flexibility index (Phi) is 3.99. The van der Waals surface area contributed by atoms with Crippen LogP contribution in [0.1, 0.15) is 24.7 Å². The van der Waals surface area contributed by atoms with Crippen LogP contribution in [-0.2, 0) is 9.84 Å². The van der Waals surface area contributed by atoms with Crippen LogP contribution in [0, 0.1) is 0 Å². The van der Waals surface area contributed by atoms with Crippen molar-refractivity contribution in [3.05, 3.63) is 30.2 Å². The molecule has 2 aromatic rings. The highest BCUT2D eigenvalue weighted by molar-refractivity contribution is 7.90. The molecule has 0 radical (unpaired) electrons. The van der Waals surface area contributed by atoms with Gasteiger partial charge >= 0.3 is 0 Å². The van der Waals surface area contributed by atoms with Crippen molar-refractivity contribution in [2.24, 2.45) is 0 Å². The summed E-state index contributed by atoms with van der Waals surface area (Å²) in [7, 11) is -2.91. The zero-order valence-corrected chi connectivity index (χ0v) is 13.0. The number of nitrogens with zero attached hydrogens (tertiary/aromatic N) is 2. The topological polar surface area (TPSA) is 63.4 Å². The number of para-hydroxylation sites is 2. The number of hydrogen-bond donors (Lipinski definition) is 0. The van der Waals surface area contributed by atoms with Gasteiger partial charge in [0.25, 0.3) is 0 Å². The lowest BCUT2D eigenvalue weighted by atomic mass is 9.98. The standard InChI is InChI=1S/C15H20N2O3S/c1-21(18,19)10-9-17-8-4-5-12(11-17)15-16-13-6-2-3-7-14(13)20-15/h2-3,6-7,12H,4-5,8-11H2,1H3/t12-/m0/s1. The van der Waals surface area contributed by atoms with Crippen LogP contribution in [0.15, 0.2) is 28.7 Å². The van der Waals surface area contributed by atoms with Crippen molar-refractivity contribution >= 4 is 20.9 Å². The Morgan fingerprint density at radius 1 is 1.38 bits per heavy atom. The average molecular weight is 308 g/mol. The molecule has 0 amide bonds. The van der Waals surface area contributed by atoms with Crippen LogP contribution >= 0.6 is 0 Å². The molecule has 0 spiro atoms. The van der Waals surface area contributed by atoms with Crippen molar-refractivity contribution in [3.8, 4) is 0 Å². The van der Waals surface area contributed by atoms with Crippen LogP contribution in [0.3, 0.4) is 0 Å². The Morgan fingerprint density at radius 2 is 2.19 bits per heavy atom. The van der Waals surface area contributed by atoms with Gasteiger partial charge in [0.1, 0.15) is 15.4 Å². The quantitative estimate of drug-likeness (QED) is 0.865. The van der Waals surface area contributed by atoms with Crippen molar-refractivity contribution in [2.45, 2.75) is 18.8 Å². The first kappa shape index (κ1) is 14.5. The van der Waals surface area contributed by atoms with E-state index in [1.54, 1.807) is 0 Å². The number of piperidine rings is 1. The molecule has 0 unspecified atom stereocenters. The minimum atomic E-state index is -2.91. The van der Waals surface area contributed by atoms with Crippen LogP contribution in [0.4, 0.5) is 0 Å². The van der Waals surface area contributed by atoms with Crippen LogP contribution < -0.4 is 0 Å². The van der Waals surface area contributed by atoms with Gasteiger partial charge in [0.2, 0.25) is 0 Å². The Bertz CT molecular complexity index is 690. The molecular formula is C15H20N2O3S. The van der Waals surface area contributed by atoms with Gasteiger partial charge in [0.05, 0.1) is 5.75 Å². The van der Waals surface area contributed by atoms with E-state index in [0.717, 1.165) is 42.9 Å². The van der Waals surface area contributed by atoms with Crippen LogP contribution in [0.2, 0.25) is 0 Å². The molecule has 1 atom stereocenters. The van der Waals surface area contributed by atoms with Gasteiger partial charge in [-0.05, 0) is 31.5 Å². The number of sulfone groups is 1. The number of fused-ring (bicyclic) bond motifs is 1. The average Bonchev–Trinajstić information content (AvgIpc) is 2.89. The number of rotatable bonds is 4. The van der Waals surface area contributed by atoms with E-state index >= 15 is 0 Å². The van der Waals surface area contributed by atoms with E-state index in [2.05, 4.69) is 9.88 Å². The number of aromatic nitrogens is 1. The number of oxazole rings is 1. The predicted octanol–water partition coefficient (Wildman–Crippen LogP) is 2.05. The number of likely N-dealkylation sites (tertiary alicyclic amines) is 1. The monoisotopic (exact) mass is 308 g/mol. The van der Waals surface area contributed by atoms with Crippen molar-refractivity contribution in [2.75, 3.05) is 31.6 Å². The van der Waals surface area contributed by atoms with Gasteiger partial charge in [-0.2, -0.15) is 0 Å². The molecule has 1 saturated heterocycles. The first-order chi connectivity index (χ1) is 10.0. The lowest BCUT2D eigenvalue weighted by Gasteiger charge is -2.30. The fourth-order valence-corrected chi connectivity index (χ4v) is 3.41. The smallest absolute Gasteiger partial charge is 0.199 e. The van der Waals surface area contributed by atoms with Crippen molar-refractivity contribution < 1.29 is 12.8 Å². The second kappa shape index (κ2) is 5.77. The van der Waals surface area contributed by atoms with Gasteiger partial charge in [-0.1, -0.05) is 12.1 Å². The molecule has 1 aromatic carbocycles. The summed E-state index contributed by atoms with van der Waals surface area (Å²) >= 11 is 0. The highest BCUT2D eigenvalue weighted by Crippen LogP contribution is 2.28. The van der Waals surface area contributed by atoms with E-state index in [4.69, 9.17) is 4.42 Å². The highest BCUT2D eigenvalue weighted by Gasteiger charge is 2.25. The number of hydrogen-bond acceptors (Lipinski definition) is 5. The maximum absolute atomic E-state index is 11.3. The van der Waals surface area contributed by atoms with Gasteiger partial charge in [0.15, 0.2) is 11.5 Å². The van der Waals surface area contributed by atoms with Gasteiger partial charge < -0.3 is 9.32 Å². The molecule has 114 valence electrons. The molecule has 2 heterocycles. The van der Waals surface area contributed by atoms with E-state index < -0.39 is 9.84 Å². The molecule has 0 saturated carbocycles. The van der Waals surface area contributed by atoms with Crippen molar-refractivity contribution in [1.29, 1.82) is 0 Å². The summed E-state index contributed by atoms with van der Waals surface area (Å²) in [4.78, 5) is 6.77. The third-order valence-electron chi connectivity index (χ3n) is 3.94. The molecule has 3 rings (SSSR count). The van der Waals surface area contributed by atoms with Crippen LogP contribution in [0.5, 0.6) is 0 Å². The minimum Gasteiger partial charge on any atom is -0.440 e. The normalized spacial score (nSPS) is 20.9. The fourth-order valence-electron chi connectivity index (χ4n) is 2.82. The summed E-state index contributed by atoms with van der Waals surface area (Å²) < 4.78 is 28.4. The number of benzene rings is 1. The minimum absolute atomic E-state index is 0.216. The predicted molar refractivity (Wildman–Crippen MR) is 82.1 cm³/mol. The van der Waals surface area contributed by atoms with E-state index in [9.17, 15) is 8.42 Å². The molecule has 6 heteroatoms. The lowest BCUT2D eigenvalue weighted by molar-refractivity contribution is 0.204. The summed E-state index contributed by atoms with van der Waals surface area (Å²) in [5, 5.41) is 0. The Balaban J connectivity index is 1.70. The van der Waals surface area contributed by atoms with E-state index in [1.807, 2.05) is 24.3 Å². The van der Waals surface area contributed by atoms with Gasteiger partial charge in [-0.3, -0.25) is 0 Å². The Morgan fingerprint density at radius 3 is 2.95 bits per heavy atom. The van der Waals surface area contributed by atoms with E-state index in [0.29, 0.717) is 6.54 Å². The van der Waals surface area contributed by atoms with Gasteiger partial charge in [-0.15, -0.1) is 0 Å². The SMILES string of the molecule is CS(=O)(=O)CCN1CCC[C@H](c2nc3ccccc3o2)C1. The van der Waals surface area contributed by atoms with E-state index in [-0.39, 0.29) is 11.7 Å². The third kappa shape index (κ3) is 3.63.